The molecule has 2 aliphatic heterocycles. The summed E-state index contributed by atoms with van der Waals surface area (Å²) in [6.07, 6.45) is 25.9. The van der Waals surface area contributed by atoms with Crippen LogP contribution in [0.3, 0.4) is 0 Å². The van der Waals surface area contributed by atoms with Crippen LogP contribution in [0, 0.1) is 0 Å². The fourth-order valence-electron chi connectivity index (χ4n) is 11.0. The lowest BCUT2D eigenvalue weighted by Gasteiger charge is -2.36. The van der Waals surface area contributed by atoms with Gasteiger partial charge < -0.3 is 20.0 Å². The van der Waals surface area contributed by atoms with E-state index in [2.05, 4.69) is 109 Å². The third-order valence-electron chi connectivity index (χ3n) is 15.7. The second-order valence-electron chi connectivity index (χ2n) is 24.5. The number of hydrogen-bond donors (Lipinski definition) is 2. The standard InChI is InChI=1S/2C29H46N6O.C4H4O4/c2*1-5-11-24-22-26(32-27(30-24)29(2,3)4)34-20-18-33(19-21-34)15-9-10-16-35-17-14-25(31-28(35)36)23-12-7-6-8-13-23;5-3(6)1-2-4(7)8/h2*14,17,22-23H,5-13,15-16,18-21H2,1-4H3;1-2H,(H,5,6)(H,7,8). The quantitative estimate of drug-likeness (QED) is 0.0624. The summed E-state index contributed by atoms with van der Waals surface area (Å²) in [5.74, 6) is 2.52. The molecule has 440 valence electrons. The lowest BCUT2D eigenvalue weighted by molar-refractivity contribution is -0.134. The van der Waals surface area contributed by atoms with Gasteiger partial charge in [-0.1, -0.05) is 107 Å². The van der Waals surface area contributed by atoms with Crippen LogP contribution < -0.4 is 21.2 Å². The Bertz CT molecular complexity index is 2520. The summed E-state index contributed by atoms with van der Waals surface area (Å²) < 4.78 is 3.58. The van der Waals surface area contributed by atoms with E-state index in [-0.39, 0.29) is 22.2 Å². The molecule has 0 unspecified atom stereocenters. The predicted octanol–water partition coefficient (Wildman–Crippen LogP) is 9.58. The Kier molecular flexibility index (Phi) is 24.8. The van der Waals surface area contributed by atoms with E-state index in [4.69, 9.17) is 30.1 Å². The van der Waals surface area contributed by atoms with Crippen molar-refractivity contribution < 1.29 is 19.8 Å². The highest BCUT2D eigenvalue weighted by molar-refractivity contribution is 5.89. The summed E-state index contributed by atoms with van der Waals surface area (Å²) >= 11 is 0. The molecule has 80 heavy (non-hydrogen) atoms. The van der Waals surface area contributed by atoms with E-state index in [1.807, 2.05) is 12.4 Å². The minimum Gasteiger partial charge on any atom is -0.478 e. The molecule has 0 aromatic carbocycles. The van der Waals surface area contributed by atoms with E-state index >= 15 is 0 Å². The molecule has 6 heterocycles. The highest BCUT2D eigenvalue weighted by Gasteiger charge is 2.26. The van der Waals surface area contributed by atoms with E-state index in [1.165, 1.54) is 64.2 Å². The van der Waals surface area contributed by atoms with Gasteiger partial charge in [-0.05, 0) is 89.4 Å². The summed E-state index contributed by atoms with van der Waals surface area (Å²) in [5, 5.41) is 15.6. The number of aliphatic carboxylic acids is 2. The van der Waals surface area contributed by atoms with Crippen LogP contribution in [0.25, 0.3) is 0 Å². The number of carbonyl (C=O) groups is 2. The SMILES string of the molecule is CCCc1cc(N2CCN(CCCCn3ccc(C4CCCCC4)nc3=O)CC2)nc(C(C)(C)C)n1.CCCc1cc(N2CCN(CCCCn3ccc(C4CCCCC4)nc3=O)CC2)nc(C(C)(C)C)n1.O=C(O)C=CC(=O)O. The number of unbranched alkanes of at least 4 members (excludes halogenated alkanes) is 2. The average Bonchev–Trinajstić information content (AvgIpc) is 3.49. The van der Waals surface area contributed by atoms with Crippen LogP contribution in [0.2, 0.25) is 0 Å². The van der Waals surface area contributed by atoms with E-state index in [0.29, 0.717) is 24.0 Å². The summed E-state index contributed by atoms with van der Waals surface area (Å²) in [5.41, 5.74) is 4.09. The van der Waals surface area contributed by atoms with Gasteiger partial charge in [0.1, 0.15) is 23.3 Å². The first-order valence-corrected chi connectivity index (χ1v) is 30.3. The molecule has 0 atom stereocenters. The second-order valence-corrected chi connectivity index (χ2v) is 24.5. The number of piperazine rings is 2. The van der Waals surface area contributed by atoms with Gasteiger partial charge in [0.15, 0.2) is 0 Å². The molecule has 0 bridgehead atoms. The Morgan fingerprint density at radius 2 is 0.863 bits per heavy atom. The van der Waals surface area contributed by atoms with Gasteiger partial charge in [-0.3, -0.25) is 18.9 Å². The zero-order valence-electron chi connectivity index (χ0n) is 49.9. The van der Waals surface area contributed by atoms with Crippen LogP contribution in [0.5, 0.6) is 0 Å². The zero-order chi connectivity index (χ0) is 57.7. The number of rotatable bonds is 20. The normalized spacial score (nSPS) is 17.2. The lowest BCUT2D eigenvalue weighted by atomic mass is 9.87. The van der Waals surface area contributed by atoms with Gasteiger partial charge in [0.25, 0.3) is 0 Å². The monoisotopic (exact) mass is 1100 g/mol. The highest BCUT2D eigenvalue weighted by Crippen LogP contribution is 2.32. The molecular formula is C62H96N12O6. The third kappa shape index (κ3) is 20.6. The lowest BCUT2D eigenvalue weighted by Crippen LogP contribution is -2.47. The van der Waals surface area contributed by atoms with Crippen LogP contribution in [0.15, 0.2) is 58.4 Å². The van der Waals surface area contributed by atoms with Crippen LogP contribution in [-0.2, 0) is 46.4 Å². The van der Waals surface area contributed by atoms with Gasteiger partial charge >= 0.3 is 23.3 Å². The molecule has 2 saturated carbocycles. The van der Waals surface area contributed by atoms with Crippen molar-refractivity contribution in [2.75, 3.05) is 75.2 Å². The van der Waals surface area contributed by atoms with E-state index in [1.54, 1.807) is 9.13 Å². The van der Waals surface area contributed by atoms with Crippen molar-refractivity contribution in [2.24, 2.45) is 0 Å². The Balaban J connectivity index is 0.000000227. The Morgan fingerprint density at radius 1 is 0.512 bits per heavy atom. The molecule has 18 heteroatoms. The molecule has 4 aromatic heterocycles. The van der Waals surface area contributed by atoms with Crippen molar-refractivity contribution in [2.45, 2.75) is 207 Å². The number of nitrogens with zero attached hydrogens (tertiary/aromatic N) is 12. The van der Waals surface area contributed by atoms with E-state index in [9.17, 15) is 19.2 Å². The van der Waals surface area contributed by atoms with Gasteiger partial charge in [0.05, 0.1) is 11.4 Å². The van der Waals surface area contributed by atoms with Gasteiger partial charge in [-0.2, -0.15) is 9.97 Å². The molecule has 2 N–H and O–H groups in total. The molecule has 8 rings (SSSR count). The molecule has 0 spiro atoms. The summed E-state index contributed by atoms with van der Waals surface area (Å²) in [6.45, 7) is 29.4. The molecule has 2 aliphatic carbocycles. The predicted molar refractivity (Wildman–Crippen MR) is 318 cm³/mol. The maximum absolute atomic E-state index is 12.5. The van der Waals surface area contributed by atoms with Crippen molar-refractivity contribution >= 4 is 23.6 Å². The van der Waals surface area contributed by atoms with Crippen LogP contribution in [0.1, 0.15) is 204 Å². The summed E-state index contributed by atoms with van der Waals surface area (Å²) in [7, 11) is 0. The number of hydrogen-bond acceptors (Lipinski definition) is 14. The van der Waals surface area contributed by atoms with Gasteiger partial charge in [0.2, 0.25) is 0 Å². The Morgan fingerprint density at radius 3 is 1.18 bits per heavy atom. The zero-order valence-corrected chi connectivity index (χ0v) is 49.9. The fourth-order valence-corrected chi connectivity index (χ4v) is 11.0. The Hall–Kier alpha value is -5.88. The summed E-state index contributed by atoms with van der Waals surface area (Å²) in [4.78, 5) is 82.5. The average molecular weight is 1110 g/mol. The highest BCUT2D eigenvalue weighted by atomic mass is 16.4. The molecule has 0 amide bonds. The van der Waals surface area contributed by atoms with Gasteiger partial charge in [-0.25, -0.2) is 39.1 Å². The van der Waals surface area contributed by atoms with Crippen molar-refractivity contribution in [3.8, 4) is 0 Å². The topological polar surface area (TPSA) is 209 Å². The molecule has 0 radical (unpaired) electrons. The third-order valence-corrected chi connectivity index (χ3v) is 15.7. The first-order valence-electron chi connectivity index (χ1n) is 30.3. The smallest absolute Gasteiger partial charge is 0.347 e. The molecule has 18 nitrogen and oxygen atoms in total. The maximum atomic E-state index is 12.5. The van der Waals surface area contributed by atoms with Gasteiger partial charge in [-0.15, -0.1) is 0 Å². The Labute approximate surface area is 476 Å². The van der Waals surface area contributed by atoms with Gasteiger partial charge in [0, 0.05) is 136 Å². The molecule has 4 aromatic rings. The van der Waals surface area contributed by atoms with Crippen molar-refractivity contribution in [1.29, 1.82) is 0 Å². The molecule has 2 saturated heterocycles. The minimum atomic E-state index is -1.26. The van der Waals surface area contributed by atoms with Crippen molar-refractivity contribution in [3.63, 3.8) is 0 Å². The summed E-state index contributed by atoms with van der Waals surface area (Å²) in [6, 6.07) is 8.56. The molecule has 4 aliphatic rings. The maximum Gasteiger partial charge on any atom is 0.347 e. The molecule has 4 fully saturated rings. The number of anilines is 2. The first-order chi connectivity index (χ1) is 38.3. The number of aryl methyl sites for hydroxylation is 4. The van der Waals surface area contributed by atoms with E-state index < -0.39 is 11.9 Å². The van der Waals surface area contributed by atoms with Crippen molar-refractivity contribution in [1.82, 2.24) is 48.8 Å². The molecular weight excluding hydrogens is 1010 g/mol. The van der Waals surface area contributed by atoms with Crippen LogP contribution >= 0.6 is 0 Å². The number of carboxylic acids is 2. The first kappa shape index (κ1) is 63.3. The van der Waals surface area contributed by atoms with Crippen LogP contribution in [0.4, 0.5) is 11.6 Å². The minimum absolute atomic E-state index is 0.0476. The fraction of sp³-hybridized carbons (Fsp3) is 0.677. The van der Waals surface area contributed by atoms with Crippen molar-refractivity contribution in [3.05, 3.63) is 104 Å². The number of carboxylic acid groups (broad SMARTS) is 2. The second kappa shape index (κ2) is 31.4. The van der Waals surface area contributed by atoms with Crippen LogP contribution in [-0.4, -0.2) is 136 Å². The van der Waals surface area contributed by atoms with E-state index in [0.717, 1.165) is 176 Å². The largest absolute Gasteiger partial charge is 0.478 e. The number of aromatic nitrogens is 8.